The van der Waals surface area contributed by atoms with Crippen molar-refractivity contribution in [2.75, 3.05) is 12.3 Å². The van der Waals surface area contributed by atoms with Crippen molar-refractivity contribution in [3.8, 4) is 5.75 Å². The molecular formula is C14H19NO3. The van der Waals surface area contributed by atoms with Crippen molar-refractivity contribution in [2.24, 2.45) is 5.92 Å². The summed E-state index contributed by atoms with van der Waals surface area (Å²) in [4.78, 5) is 11.0. The van der Waals surface area contributed by atoms with Crippen molar-refractivity contribution in [2.45, 2.75) is 32.6 Å². The summed E-state index contributed by atoms with van der Waals surface area (Å²) in [6, 6.07) is 3.30. The Bertz CT molecular complexity index is 453. The maximum Gasteiger partial charge on any atom is 0.337 e. The summed E-state index contributed by atoms with van der Waals surface area (Å²) in [5, 5.41) is 9.04. The Labute approximate surface area is 107 Å². The van der Waals surface area contributed by atoms with Crippen LogP contribution in [-0.4, -0.2) is 17.7 Å². The van der Waals surface area contributed by atoms with E-state index in [1.165, 1.54) is 25.3 Å². The summed E-state index contributed by atoms with van der Waals surface area (Å²) in [5.41, 5.74) is 6.90. The van der Waals surface area contributed by atoms with Crippen molar-refractivity contribution in [3.05, 3.63) is 23.3 Å². The predicted molar refractivity (Wildman–Crippen MR) is 70.0 cm³/mol. The Morgan fingerprint density at radius 2 is 2.22 bits per heavy atom. The molecule has 0 saturated heterocycles. The van der Waals surface area contributed by atoms with Gasteiger partial charge in [-0.2, -0.15) is 0 Å². The van der Waals surface area contributed by atoms with Gasteiger partial charge in [0.1, 0.15) is 5.75 Å². The molecule has 2 rings (SSSR count). The fraction of sp³-hybridized carbons (Fsp3) is 0.500. The van der Waals surface area contributed by atoms with Gasteiger partial charge in [-0.3, -0.25) is 0 Å². The van der Waals surface area contributed by atoms with E-state index < -0.39 is 5.97 Å². The first-order chi connectivity index (χ1) is 8.58. The summed E-state index contributed by atoms with van der Waals surface area (Å²) in [7, 11) is 0. The Kier molecular flexibility index (Phi) is 3.75. The van der Waals surface area contributed by atoms with E-state index in [0.29, 0.717) is 18.0 Å². The molecule has 4 nitrogen and oxygen atoms in total. The first-order valence-corrected chi connectivity index (χ1v) is 6.34. The van der Waals surface area contributed by atoms with Crippen LogP contribution in [0.5, 0.6) is 5.75 Å². The van der Waals surface area contributed by atoms with Crippen LogP contribution in [0.4, 0.5) is 5.69 Å². The molecule has 4 heteroatoms. The zero-order valence-corrected chi connectivity index (χ0v) is 10.6. The first-order valence-electron chi connectivity index (χ1n) is 6.34. The summed E-state index contributed by atoms with van der Waals surface area (Å²) >= 11 is 0. The third-order valence-electron chi connectivity index (χ3n) is 3.61. The smallest absolute Gasteiger partial charge is 0.337 e. The topological polar surface area (TPSA) is 72.5 Å². The number of nitrogen functional groups attached to an aromatic ring is 1. The largest absolute Gasteiger partial charge is 0.494 e. The summed E-state index contributed by atoms with van der Waals surface area (Å²) in [6.07, 6.45) is 4.97. The van der Waals surface area contributed by atoms with Crippen LogP contribution in [0, 0.1) is 12.8 Å². The average molecular weight is 249 g/mol. The highest BCUT2D eigenvalue weighted by atomic mass is 16.5. The number of ether oxygens (including phenoxy) is 1. The fourth-order valence-electron chi connectivity index (χ4n) is 2.15. The van der Waals surface area contributed by atoms with E-state index in [2.05, 4.69) is 0 Å². The minimum atomic E-state index is -1.01. The van der Waals surface area contributed by atoms with Crippen LogP contribution >= 0.6 is 0 Å². The third-order valence-corrected chi connectivity index (χ3v) is 3.61. The van der Waals surface area contributed by atoms with Crippen LogP contribution in [0.1, 0.15) is 41.6 Å². The van der Waals surface area contributed by atoms with Gasteiger partial charge in [0.15, 0.2) is 0 Å². The number of aryl methyl sites for hydroxylation is 1. The molecule has 3 N–H and O–H groups in total. The molecule has 0 aromatic heterocycles. The van der Waals surface area contributed by atoms with E-state index in [1.54, 1.807) is 13.0 Å². The van der Waals surface area contributed by atoms with E-state index in [-0.39, 0.29) is 5.56 Å². The lowest BCUT2D eigenvalue weighted by atomic mass is 9.83. The minimum absolute atomic E-state index is 0.119. The van der Waals surface area contributed by atoms with E-state index in [9.17, 15) is 4.79 Å². The molecule has 0 unspecified atom stereocenters. The van der Waals surface area contributed by atoms with Gasteiger partial charge < -0.3 is 15.6 Å². The van der Waals surface area contributed by atoms with Crippen LogP contribution in [0.15, 0.2) is 12.1 Å². The second-order valence-electron chi connectivity index (χ2n) is 4.94. The standard InChI is InChI=1S/C14H19NO3/c1-9-7-11(8-12(13(9)15)14(16)17)18-6-5-10-3-2-4-10/h7-8,10H,2-6,15H2,1H3,(H,16,17). The lowest BCUT2D eigenvalue weighted by Crippen LogP contribution is -2.14. The van der Waals surface area contributed by atoms with Gasteiger partial charge in [0.05, 0.1) is 12.2 Å². The number of hydrogen-bond donors (Lipinski definition) is 2. The van der Waals surface area contributed by atoms with E-state index in [0.717, 1.165) is 17.9 Å². The molecule has 1 aromatic rings. The summed E-state index contributed by atoms with van der Waals surface area (Å²) in [6.45, 7) is 2.44. The molecule has 1 fully saturated rings. The van der Waals surface area contributed by atoms with Crippen molar-refractivity contribution in [1.29, 1.82) is 0 Å². The van der Waals surface area contributed by atoms with Gasteiger partial charge in [0, 0.05) is 5.69 Å². The number of anilines is 1. The quantitative estimate of drug-likeness (QED) is 0.787. The van der Waals surface area contributed by atoms with Gasteiger partial charge >= 0.3 is 5.97 Å². The molecule has 0 aliphatic heterocycles. The normalized spacial score (nSPS) is 15.2. The molecule has 0 amide bonds. The molecule has 0 spiro atoms. The molecule has 1 saturated carbocycles. The van der Waals surface area contributed by atoms with Gasteiger partial charge in [-0.05, 0) is 37.0 Å². The minimum Gasteiger partial charge on any atom is -0.494 e. The highest BCUT2D eigenvalue weighted by molar-refractivity contribution is 5.95. The van der Waals surface area contributed by atoms with Gasteiger partial charge in [-0.15, -0.1) is 0 Å². The first kappa shape index (κ1) is 12.7. The second-order valence-corrected chi connectivity index (χ2v) is 4.94. The van der Waals surface area contributed by atoms with E-state index in [1.807, 2.05) is 0 Å². The number of carboxylic acid groups (broad SMARTS) is 1. The number of carboxylic acids is 1. The average Bonchev–Trinajstić information content (AvgIpc) is 2.26. The molecule has 0 radical (unpaired) electrons. The lowest BCUT2D eigenvalue weighted by molar-refractivity contribution is 0.0697. The number of nitrogens with two attached hydrogens (primary N) is 1. The van der Waals surface area contributed by atoms with Gasteiger partial charge in [-0.25, -0.2) is 4.79 Å². The van der Waals surface area contributed by atoms with E-state index in [4.69, 9.17) is 15.6 Å². The Morgan fingerprint density at radius 3 is 2.78 bits per heavy atom. The van der Waals surface area contributed by atoms with Crippen LogP contribution < -0.4 is 10.5 Å². The van der Waals surface area contributed by atoms with Gasteiger partial charge in [0.2, 0.25) is 0 Å². The predicted octanol–water partition coefficient (Wildman–Crippen LogP) is 2.84. The van der Waals surface area contributed by atoms with Crippen LogP contribution in [0.2, 0.25) is 0 Å². The Hall–Kier alpha value is -1.71. The highest BCUT2D eigenvalue weighted by Crippen LogP contribution is 2.30. The molecule has 0 atom stereocenters. The SMILES string of the molecule is Cc1cc(OCCC2CCC2)cc(C(=O)O)c1N. The van der Waals surface area contributed by atoms with Crippen LogP contribution in [0.25, 0.3) is 0 Å². The van der Waals surface area contributed by atoms with E-state index >= 15 is 0 Å². The molecular weight excluding hydrogens is 230 g/mol. The zero-order valence-electron chi connectivity index (χ0n) is 10.6. The molecule has 18 heavy (non-hydrogen) atoms. The number of carbonyl (C=O) groups is 1. The number of aromatic carboxylic acids is 1. The zero-order chi connectivity index (χ0) is 13.1. The van der Waals surface area contributed by atoms with Gasteiger partial charge in [-0.1, -0.05) is 19.3 Å². The maximum absolute atomic E-state index is 11.0. The monoisotopic (exact) mass is 249 g/mol. The summed E-state index contributed by atoms with van der Waals surface area (Å²) in [5.74, 6) is 0.372. The molecule has 1 aromatic carbocycles. The number of benzene rings is 1. The van der Waals surface area contributed by atoms with Crippen molar-refractivity contribution in [3.63, 3.8) is 0 Å². The van der Waals surface area contributed by atoms with Crippen molar-refractivity contribution in [1.82, 2.24) is 0 Å². The number of rotatable bonds is 5. The third kappa shape index (κ3) is 2.75. The lowest BCUT2D eigenvalue weighted by Gasteiger charge is -2.25. The Morgan fingerprint density at radius 1 is 1.50 bits per heavy atom. The summed E-state index contributed by atoms with van der Waals surface area (Å²) < 4.78 is 5.62. The van der Waals surface area contributed by atoms with Crippen molar-refractivity contribution < 1.29 is 14.6 Å². The second kappa shape index (κ2) is 5.29. The highest BCUT2D eigenvalue weighted by Gasteiger charge is 2.17. The van der Waals surface area contributed by atoms with Crippen LogP contribution in [-0.2, 0) is 0 Å². The molecule has 0 bridgehead atoms. The number of hydrogen-bond acceptors (Lipinski definition) is 3. The Balaban J connectivity index is 2.01. The fourth-order valence-corrected chi connectivity index (χ4v) is 2.15. The van der Waals surface area contributed by atoms with Crippen LogP contribution in [0.3, 0.4) is 0 Å². The molecule has 98 valence electrons. The van der Waals surface area contributed by atoms with Gasteiger partial charge in [0.25, 0.3) is 0 Å². The molecule has 0 heterocycles. The molecule has 1 aliphatic carbocycles. The maximum atomic E-state index is 11.0. The molecule has 1 aliphatic rings. The van der Waals surface area contributed by atoms with Crippen molar-refractivity contribution >= 4 is 11.7 Å².